The van der Waals surface area contributed by atoms with Crippen LogP contribution in [0.25, 0.3) is 0 Å². The molecule has 3 heteroatoms. The Labute approximate surface area is 129 Å². The molecule has 120 valence electrons. The third-order valence-corrected chi connectivity index (χ3v) is 3.22. The van der Waals surface area contributed by atoms with E-state index < -0.39 is 0 Å². The summed E-state index contributed by atoms with van der Waals surface area (Å²) in [5, 5.41) is 9.11. The molecule has 0 aromatic heterocycles. The molecule has 21 heavy (non-hydrogen) atoms. The first kappa shape index (κ1) is 19.5. The quantitative estimate of drug-likeness (QED) is 0.211. The minimum Gasteiger partial charge on any atom is -0.513 e. The van der Waals surface area contributed by atoms with Crippen LogP contribution in [-0.2, 0) is 9.53 Å². The van der Waals surface area contributed by atoms with Crippen LogP contribution in [0.2, 0.25) is 0 Å². The topological polar surface area (TPSA) is 46.5 Å². The maximum absolute atomic E-state index is 11.9. The van der Waals surface area contributed by atoms with Crippen LogP contribution < -0.4 is 0 Å². The van der Waals surface area contributed by atoms with Gasteiger partial charge >= 0.3 is 5.97 Å². The van der Waals surface area contributed by atoms with E-state index in [1.165, 1.54) is 11.6 Å². The van der Waals surface area contributed by atoms with Gasteiger partial charge < -0.3 is 9.84 Å². The normalized spacial score (nSPS) is 13.8. The molecular formula is C18H30O3. The lowest BCUT2D eigenvalue weighted by Gasteiger charge is -2.11. The molecule has 1 unspecified atom stereocenters. The molecular weight excluding hydrogens is 264 g/mol. The number of aliphatic hydroxyl groups excluding tert-OH is 1. The zero-order valence-electron chi connectivity index (χ0n) is 14.1. The largest absolute Gasteiger partial charge is 0.513 e. The summed E-state index contributed by atoms with van der Waals surface area (Å²) in [4.78, 5) is 11.9. The molecule has 0 saturated carbocycles. The van der Waals surface area contributed by atoms with Crippen LogP contribution >= 0.6 is 0 Å². The van der Waals surface area contributed by atoms with E-state index >= 15 is 0 Å². The highest BCUT2D eigenvalue weighted by atomic mass is 16.5. The molecule has 0 aliphatic heterocycles. The highest BCUT2D eigenvalue weighted by Gasteiger charge is 2.09. The molecule has 3 nitrogen and oxygen atoms in total. The van der Waals surface area contributed by atoms with E-state index in [-0.39, 0.29) is 11.7 Å². The summed E-state index contributed by atoms with van der Waals surface area (Å²) < 4.78 is 5.29. The van der Waals surface area contributed by atoms with Gasteiger partial charge in [-0.2, -0.15) is 0 Å². The minimum atomic E-state index is -0.286. The first-order chi connectivity index (χ1) is 9.86. The summed E-state index contributed by atoms with van der Waals surface area (Å²) in [6.45, 7) is 10.3. The molecule has 1 atom stereocenters. The molecule has 0 aliphatic rings. The lowest BCUT2D eigenvalue weighted by atomic mass is 10.0. The van der Waals surface area contributed by atoms with Crippen molar-refractivity contribution in [3.05, 3.63) is 35.1 Å². The molecule has 0 aliphatic carbocycles. The van der Waals surface area contributed by atoms with Crippen molar-refractivity contribution in [2.24, 2.45) is 5.92 Å². The predicted molar refractivity (Wildman–Crippen MR) is 88.2 cm³/mol. The molecule has 0 amide bonds. The van der Waals surface area contributed by atoms with Gasteiger partial charge in [0, 0.05) is 5.57 Å². The first-order valence-electron chi connectivity index (χ1n) is 7.73. The van der Waals surface area contributed by atoms with Crippen molar-refractivity contribution in [3.63, 3.8) is 0 Å². The Bertz CT molecular complexity index is 395. The van der Waals surface area contributed by atoms with Crippen LogP contribution in [0.1, 0.15) is 60.3 Å². The Morgan fingerprint density at radius 3 is 2.38 bits per heavy atom. The van der Waals surface area contributed by atoms with Gasteiger partial charge in [-0.15, -0.1) is 0 Å². The predicted octanol–water partition coefficient (Wildman–Crippen LogP) is 5.10. The molecule has 1 N–H and O–H groups in total. The molecule has 0 aromatic rings. The minimum absolute atomic E-state index is 0.182. The van der Waals surface area contributed by atoms with Crippen molar-refractivity contribution in [3.8, 4) is 0 Å². The number of hydrogen-bond acceptors (Lipinski definition) is 3. The number of ether oxygens (including phenoxy) is 1. The average molecular weight is 294 g/mol. The highest BCUT2D eigenvalue weighted by Crippen LogP contribution is 2.13. The monoisotopic (exact) mass is 294 g/mol. The zero-order chi connectivity index (χ0) is 16.3. The molecule has 0 spiro atoms. The number of aliphatic hydroxyl groups is 1. The van der Waals surface area contributed by atoms with Crippen LogP contribution in [0.5, 0.6) is 0 Å². The van der Waals surface area contributed by atoms with Crippen LogP contribution in [0.4, 0.5) is 0 Å². The fourth-order valence-electron chi connectivity index (χ4n) is 1.80. The van der Waals surface area contributed by atoms with E-state index in [2.05, 4.69) is 26.8 Å². The Morgan fingerprint density at radius 1 is 1.19 bits per heavy atom. The third-order valence-electron chi connectivity index (χ3n) is 3.22. The Morgan fingerprint density at radius 2 is 1.86 bits per heavy atom. The van der Waals surface area contributed by atoms with Crippen LogP contribution in [0.3, 0.4) is 0 Å². The summed E-state index contributed by atoms with van der Waals surface area (Å²) in [7, 11) is 0. The summed E-state index contributed by atoms with van der Waals surface area (Å²) in [6.07, 6.45) is 9.05. The van der Waals surface area contributed by atoms with Gasteiger partial charge in [-0.3, -0.25) is 0 Å². The van der Waals surface area contributed by atoms with Gasteiger partial charge in [0.15, 0.2) is 0 Å². The Hall–Kier alpha value is -1.51. The number of rotatable bonds is 9. The number of carbonyl (C=O) groups is 1. The fraction of sp³-hybridized carbons (Fsp3) is 0.611. The summed E-state index contributed by atoms with van der Waals surface area (Å²) in [5.74, 6) is 0.440. The summed E-state index contributed by atoms with van der Waals surface area (Å²) >= 11 is 0. The number of esters is 1. The van der Waals surface area contributed by atoms with Crippen molar-refractivity contribution >= 4 is 5.97 Å². The first-order valence-corrected chi connectivity index (χ1v) is 7.73. The second-order valence-electron chi connectivity index (χ2n) is 5.74. The van der Waals surface area contributed by atoms with Crippen LogP contribution in [0, 0.1) is 5.92 Å². The van der Waals surface area contributed by atoms with E-state index in [0.717, 1.165) is 19.3 Å². The van der Waals surface area contributed by atoms with E-state index in [1.807, 2.05) is 6.92 Å². The van der Waals surface area contributed by atoms with Gasteiger partial charge in [0.2, 0.25) is 0 Å². The van der Waals surface area contributed by atoms with Gasteiger partial charge in [0.05, 0.1) is 12.4 Å². The zero-order valence-corrected chi connectivity index (χ0v) is 14.1. The van der Waals surface area contributed by atoms with E-state index in [4.69, 9.17) is 9.84 Å². The van der Waals surface area contributed by atoms with Gasteiger partial charge in [-0.25, -0.2) is 4.79 Å². The Balaban J connectivity index is 4.10. The van der Waals surface area contributed by atoms with Gasteiger partial charge in [-0.05, 0) is 64.5 Å². The second kappa shape index (κ2) is 11.2. The fourth-order valence-corrected chi connectivity index (χ4v) is 1.80. The van der Waals surface area contributed by atoms with Crippen molar-refractivity contribution in [1.82, 2.24) is 0 Å². The molecule has 0 heterocycles. The molecule has 0 saturated heterocycles. The molecule has 0 rings (SSSR count). The molecule has 0 radical (unpaired) electrons. The number of carbonyl (C=O) groups excluding carboxylic acids is 1. The SMILES string of the molecule is CC/C(=C\C=C(/C)O)C(=O)OCCC(C)CCC=C(C)C. The van der Waals surface area contributed by atoms with Crippen LogP contribution in [0.15, 0.2) is 35.1 Å². The van der Waals surface area contributed by atoms with E-state index in [9.17, 15) is 4.79 Å². The van der Waals surface area contributed by atoms with E-state index in [1.54, 1.807) is 13.0 Å². The van der Waals surface area contributed by atoms with Crippen molar-refractivity contribution in [1.29, 1.82) is 0 Å². The third kappa shape index (κ3) is 10.9. The molecule has 0 fully saturated rings. The van der Waals surface area contributed by atoms with Gasteiger partial charge in [-0.1, -0.05) is 25.5 Å². The van der Waals surface area contributed by atoms with Crippen molar-refractivity contribution in [2.75, 3.05) is 6.61 Å². The smallest absolute Gasteiger partial charge is 0.333 e. The standard InChI is InChI=1S/C18H30O3/c1-6-17(11-10-16(5)19)18(20)21-13-12-15(4)9-7-8-14(2)3/h8,10-11,15,19H,6-7,9,12-13H2,1-5H3/b16-10+,17-11+. The number of hydrogen-bond donors (Lipinski definition) is 1. The number of allylic oxidation sites excluding steroid dienone is 5. The summed E-state index contributed by atoms with van der Waals surface area (Å²) in [6, 6.07) is 0. The van der Waals surface area contributed by atoms with Gasteiger partial charge in [0.1, 0.15) is 0 Å². The van der Waals surface area contributed by atoms with Gasteiger partial charge in [0.25, 0.3) is 0 Å². The lowest BCUT2D eigenvalue weighted by Crippen LogP contribution is -2.10. The summed E-state index contributed by atoms with van der Waals surface area (Å²) in [5.41, 5.74) is 1.93. The maximum Gasteiger partial charge on any atom is 0.333 e. The van der Waals surface area contributed by atoms with Crippen molar-refractivity contribution < 1.29 is 14.6 Å². The maximum atomic E-state index is 11.9. The molecule has 0 bridgehead atoms. The lowest BCUT2D eigenvalue weighted by molar-refractivity contribution is -0.139. The van der Waals surface area contributed by atoms with E-state index in [0.29, 0.717) is 24.5 Å². The average Bonchev–Trinajstić information content (AvgIpc) is 2.38. The highest BCUT2D eigenvalue weighted by molar-refractivity contribution is 5.88. The van der Waals surface area contributed by atoms with Crippen LogP contribution in [-0.4, -0.2) is 17.7 Å². The Kier molecular flexibility index (Phi) is 10.4. The van der Waals surface area contributed by atoms with Crippen molar-refractivity contribution in [2.45, 2.75) is 60.3 Å². The second-order valence-corrected chi connectivity index (χ2v) is 5.74. The molecule has 0 aromatic carbocycles.